The molecule has 0 aliphatic carbocycles. The zero-order valence-corrected chi connectivity index (χ0v) is 17.8. The molecule has 0 saturated carbocycles. The quantitative estimate of drug-likeness (QED) is 0.339. The highest BCUT2D eigenvalue weighted by Crippen LogP contribution is 2.38. The zero-order chi connectivity index (χ0) is 21.1. The Hall–Kier alpha value is -2.46. The lowest BCUT2D eigenvalue weighted by molar-refractivity contribution is -0.384. The molecule has 1 aromatic rings. The lowest BCUT2D eigenvalue weighted by Gasteiger charge is -2.38. The zero-order valence-electron chi connectivity index (χ0n) is 16.8. The molecule has 0 radical (unpaired) electrons. The molecule has 1 aliphatic rings. The molecule has 154 valence electrons. The van der Waals surface area contributed by atoms with E-state index in [0.717, 1.165) is 0 Å². The van der Waals surface area contributed by atoms with E-state index in [1.165, 1.54) is 29.2 Å². The van der Waals surface area contributed by atoms with Crippen LogP contribution in [-0.4, -0.2) is 47.9 Å². The van der Waals surface area contributed by atoms with Gasteiger partial charge in [-0.25, -0.2) is 4.79 Å². The number of hydrogen-bond acceptors (Lipinski definition) is 7. The molecule has 0 spiro atoms. The number of non-ortho nitro benzene ring substituents is 1. The first kappa shape index (κ1) is 21.8. The van der Waals surface area contributed by atoms with Crippen LogP contribution in [0, 0.1) is 10.1 Å². The van der Waals surface area contributed by atoms with Gasteiger partial charge in [0.05, 0.1) is 17.6 Å². The Balaban J connectivity index is 1.97. The highest BCUT2D eigenvalue weighted by molar-refractivity contribution is 6.74. The Morgan fingerprint density at radius 1 is 1.36 bits per heavy atom. The number of amides is 1. The van der Waals surface area contributed by atoms with Crippen LogP contribution in [0.3, 0.4) is 0 Å². The first-order valence-corrected chi connectivity index (χ1v) is 11.9. The molecule has 9 nitrogen and oxygen atoms in total. The predicted octanol–water partition coefficient (Wildman–Crippen LogP) is 4.12. The Kier molecular flexibility index (Phi) is 6.45. The van der Waals surface area contributed by atoms with Gasteiger partial charge in [-0.05, 0) is 35.8 Å². The molecule has 0 aromatic heterocycles. The molecule has 1 saturated heterocycles. The van der Waals surface area contributed by atoms with Crippen molar-refractivity contribution >= 4 is 25.9 Å². The van der Waals surface area contributed by atoms with Crippen molar-refractivity contribution in [3.63, 3.8) is 0 Å². The maximum Gasteiger partial charge on any atom is 0.415 e. The van der Waals surface area contributed by atoms with Gasteiger partial charge in [0.25, 0.3) is 5.69 Å². The van der Waals surface area contributed by atoms with E-state index in [9.17, 15) is 20.1 Å². The molecule has 1 heterocycles. The van der Waals surface area contributed by atoms with E-state index in [0.29, 0.717) is 12.0 Å². The van der Waals surface area contributed by atoms with E-state index in [1.54, 1.807) is 0 Å². The Labute approximate surface area is 165 Å². The van der Waals surface area contributed by atoms with E-state index in [1.807, 2.05) is 0 Å². The van der Waals surface area contributed by atoms with Crippen molar-refractivity contribution in [2.24, 2.45) is 5.16 Å². The van der Waals surface area contributed by atoms with Gasteiger partial charge >= 0.3 is 6.09 Å². The first-order valence-electron chi connectivity index (χ1n) is 9.01. The fraction of sp³-hybridized carbons (Fsp3) is 0.556. The molecule has 1 N–H and O–H groups in total. The topological polar surface area (TPSA) is 114 Å². The molecule has 10 heteroatoms. The van der Waals surface area contributed by atoms with Crippen LogP contribution in [0.5, 0.6) is 0 Å². The number of nitro benzene ring substituents is 1. The SMILES string of the molecule is CC(C)(C)[Si](C)(C)OC1C/C(=N\O)N(C(=O)OCc2ccc([N+](=O)[O-])cc2)C1. The number of nitro groups is 1. The lowest BCUT2D eigenvalue weighted by atomic mass is 10.2. The molecule has 1 aliphatic heterocycles. The average Bonchev–Trinajstić information content (AvgIpc) is 3.01. The second kappa shape index (κ2) is 8.27. The fourth-order valence-corrected chi connectivity index (χ4v) is 3.92. The molecule has 2 rings (SSSR count). The van der Waals surface area contributed by atoms with Crippen molar-refractivity contribution in [1.82, 2.24) is 4.90 Å². The summed E-state index contributed by atoms with van der Waals surface area (Å²) in [5, 5.41) is 23.2. The van der Waals surface area contributed by atoms with E-state index in [4.69, 9.17) is 9.16 Å². The molecule has 1 fully saturated rings. The Morgan fingerprint density at radius 3 is 2.46 bits per heavy atom. The van der Waals surface area contributed by atoms with Crippen molar-refractivity contribution in [2.75, 3.05) is 6.54 Å². The summed E-state index contributed by atoms with van der Waals surface area (Å²) in [7, 11) is -2.03. The third-order valence-corrected chi connectivity index (χ3v) is 9.76. The second-order valence-corrected chi connectivity index (χ2v) is 13.1. The molecule has 1 amide bonds. The molecule has 0 bridgehead atoms. The van der Waals surface area contributed by atoms with Crippen molar-refractivity contribution in [2.45, 2.75) is 58.0 Å². The predicted molar refractivity (Wildman–Crippen MR) is 106 cm³/mol. The first-order chi connectivity index (χ1) is 12.9. The third kappa shape index (κ3) is 5.07. The van der Waals surface area contributed by atoms with Gasteiger partial charge in [-0.2, -0.15) is 0 Å². The van der Waals surface area contributed by atoms with E-state index in [-0.39, 0.29) is 35.8 Å². The highest BCUT2D eigenvalue weighted by atomic mass is 28.4. The molecular weight excluding hydrogens is 382 g/mol. The van der Waals surface area contributed by atoms with Gasteiger partial charge in [-0.15, -0.1) is 0 Å². The average molecular weight is 410 g/mol. The summed E-state index contributed by atoms with van der Waals surface area (Å²) in [6.45, 7) is 10.9. The number of amidine groups is 1. The van der Waals surface area contributed by atoms with Gasteiger partial charge in [0, 0.05) is 18.6 Å². The monoisotopic (exact) mass is 409 g/mol. The second-order valence-electron chi connectivity index (χ2n) is 8.31. The van der Waals surface area contributed by atoms with Crippen molar-refractivity contribution in [3.8, 4) is 0 Å². The fourth-order valence-electron chi connectivity index (χ4n) is 2.57. The molecule has 28 heavy (non-hydrogen) atoms. The number of carbonyl (C=O) groups excluding carboxylic acids is 1. The van der Waals surface area contributed by atoms with Crippen LogP contribution in [0.25, 0.3) is 0 Å². The van der Waals surface area contributed by atoms with Crippen LogP contribution in [0.15, 0.2) is 29.4 Å². The van der Waals surface area contributed by atoms with Gasteiger partial charge in [0.15, 0.2) is 14.2 Å². The van der Waals surface area contributed by atoms with E-state index < -0.39 is 19.3 Å². The van der Waals surface area contributed by atoms with Crippen LogP contribution in [0.2, 0.25) is 18.1 Å². The maximum absolute atomic E-state index is 12.4. The summed E-state index contributed by atoms with van der Waals surface area (Å²) in [5.41, 5.74) is 0.588. The molecule has 1 aromatic carbocycles. The smallest absolute Gasteiger partial charge is 0.415 e. The number of oxime groups is 1. The van der Waals surface area contributed by atoms with Gasteiger partial charge < -0.3 is 14.4 Å². The van der Waals surface area contributed by atoms with Gasteiger partial charge in [-0.3, -0.25) is 15.0 Å². The summed E-state index contributed by atoms with van der Waals surface area (Å²) in [4.78, 5) is 23.9. The standard InChI is InChI=1S/C18H27N3O6Si/c1-18(2,3)28(4,5)27-15-10-16(19-23)20(11-15)17(22)26-12-13-6-8-14(9-7-13)21(24)25/h6-9,15,23H,10-12H2,1-5H3/b19-16+. The van der Waals surface area contributed by atoms with Crippen molar-refractivity contribution in [1.29, 1.82) is 0 Å². The third-order valence-electron chi connectivity index (χ3n) is 5.22. The van der Waals surface area contributed by atoms with E-state index >= 15 is 0 Å². The molecule has 1 atom stereocenters. The number of likely N-dealkylation sites (tertiary alicyclic amines) is 1. The normalized spacial score (nSPS) is 19.1. The van der Waals surface area contributed by atoms with Crippen molar-refractivity contribution in [3.05, 3.63) is 39.9 Å². The summed E-state index contributed by atoms with van der Waals surface area (Å²) in [5.74, 6) is 0.206. The number of benzene rings is 1. The highest BCUT2D eigenvalue weighted by Gasteiger charge is 2.43. The lowest BCUT2D eigenvalue weighted by Crippen LogP contribution is -2.44. The minimum absolute atomic E-state index is 0.0212. The number of ether oxygens (including phenoxy) is 1. The largest absolute Gasteiger partial charge is 0.444 e. The number of carbonyl (C=O) groups is 1. The maximum atomic E-state index is 12.4. The molecular formula is C18H27N3O6Si. The number of hydrogen-bond donors (Lipinski definition) is 1. The summed E-state index contributed by atoms with van der Waals surface area (Å²) in [6.07, 6.45) is -0.568. The van der Waals surface area contributed by atoms with Gasteiger partial charge in [0.2, 0.25) is 0 Å². The summed E-state index contributed by atoms with van der Waals surface area (Å²) < 4.78 is 11.6. The van der Waals surface area contributed by atoms with Crippen LogP contribution >= 0.6 is 0 Å². The number of nitrogens with zero attached hydrogens (tertiary/aromatic N) is 3. The minimum atomic E-state index is -2.03. The molecule has 1 unspecified atom stereocenters. The van der Waals surface area contributed by atoms with E-state index in [2.05, 4.69) is 39.0 Å². The van der Waals surface area contributed by atoms with Crippen LogP contribution in [0.1, 0.15) is 32.8 Å². The van der Waals surface area contributed by atoms with Gasteiger partial charge in [0.1, 0.15) is 6.61 Å². The number of rotatable bonds is 5. The Morgan fingerprint density at radius 2 is 1.96 bits per heavy atom. The Bertz CT molecular complexity index is 758. The van der Waals surface area contributed by atoms with Gasteiger partial charge in [-0.1, -0.05) is 25.9 Å². The summed E-state index contributed by atoms with van der Waals surface area (Å²) in [6, 6.07) is 5.75. The van der Waals surface area contributed by atoms with Crippen LogP contribution in [0.4, 0.5) is 10.5 Å². The van der Waals surface area contributed by atoms with Crippen LogP contribution < -0.4 is 0 Å². The van der Waals surface area contributed by atoms with Crippen molar-refractivity contribution < 1.29 is 24.1 Å². The minimum Gasteiger partial charge on any atom is -0.444 e. The summed E-state index contributed by atoms with van der Waals surface area (Å²) >= 11 is 0. The van der Waals surface area contributed by atoms with Crippen LogP contribution in [-0.2, 0) is 15.8 Å².